The molecule has 0 aromatic heterocycles. The van der Waals surface area contributed by atoms with Crippen molar-refractivity contribution in [2.24, 2.45) is 0 Å². The number of aryl methyl sites for hydroxylation is 2. The molecule has 2 nitrogen and oxygen atoms in total. The van der Waals surface area contributed by atoms with Crippen LogP contribution < -0.4 is 4.74 Å². The average molecular weight is 321 g/mol. The zero-order valence-corrected chi connectivity index (χ0v) is 12.9. The molecule has 2 rings (SSSR count). The SMILES string of the molecule is Cc1cc(C)cc(Oc2ccc(C(C)O)c(Br)c2)c1. The fraction of sp³-hybridized carbons (Fsp3) is 0.250. The van der Waals surface area contributed by atoms with Gasteiger partial charge in [0.25, 0.3) is 0 Å². The Balaban J connectivity index is 2.26. The summed E-state index contributed by atoms with van der Waals surface area (Å²) in [5.74, 6) is 1.58. The summed E-state index contributed by atoms with van der Waals surface area (Å²) in [5.41, 5.74) is 3.21. The summed E-state index contributed by atoms with van der Waals surface area (Å²) in [6.45, 7) is 5.84. The van der Waals surface area contributed by atoms with Crippen LogP contribution in [0.15, 0.2) is 40.9 Å². The van der Waals surface area contributed by atoms with Gasteiger partial charge < -0.3 is 9.84 Å². The molecule has 1 N–H and O–H groups in total. The van der Waals surface area contributed by atoms with Crippen LogP contribution in [0.2, 0.25) is 0 Å². The Morgan fingerprint density at radius 3 is 2.16 bits per heavy atom. The molecule has 3 heteroatoms. The molecule has 0 amide bonds. The Labute approximate surface area is 122 Å². The number of aliphatic hydroxyl groups excluding tert-OH is 1. The molecule has 0 aliphatic rings. The van der Waals surface area contributed by atoms with E-state index in [4.69, 9.17) is 4.74 Å². The fourth-order valence-corrected chi connectivity index (χ4v) is 2.73. The maximum atomic E-state index is 9.59. The van der Waals surface area contributed by atoms with Crippen LogP contribution in [0.3, 0.4) is 0 Å². The van der Waals surface area contributed by atoms with Crippen molar-refractivity contribution in [2.75, 3.05) is 0 Å². The van der Waals surface area contributed by atoms with Gasteiger partial charge in [0.15, 0.2) is 0 Å². The summed E-state index contributed by atoms with van der Waals surface area (Å²) in [6, 6.07) is 11.7. The molecular formula is C16H17BrO2. The largest absolute Gasteiger partial charge is 0.457 e. The van der Waals surface area contributed by atoms with E-state index >= 15 is 0 Å². The molecule has 0 saturated carbocycles. The minimum Gasteiger partial charge on any atom is -0.457 e. The number of benzene rings is 2. The summed E-state index contributed by atoms with van der Waals surface area (Å²) in [6.07, 6.45) is -0.496. The highest BCUT2D eigenvalue weighted by molar-refractivity contribution is 9.10. The van der Waals surface area contributed by atoms with Crippen molar-refractivity contribution in [1.82, 2.24) is 0 Å². The highest BCUT2D eigenvalue weighted by Gasteiger charge is 2.08. The molecule has 0 spiro atoms. The van der Waals surface area contributed by atoms with Gasteiger partial charge in [-0.2, -0.15) is 0 Å². The summed E-state index contributed by atoms with van der Waals surface area (Å²) in [4.78, 5) is 0. The van der Waals surface area contributed by atoms with Gasteiger partial charge in [-0.05, 0) is 61.7 Å². The maximum Gasteiger partial charge on any atom is 0.128 e. The molecule has 0 aliphatic carbocycles. The van der Waals surface area contributed by atoms with Gasteiger partial charge in [-0.25, -0.2) is 0 Å². The van der Waals surface area contributed by atoms with E-state index in [1.54, 1.807) is 6.92 Å². The monoisotopic (exact) mass is 320 g/mol. The van der Waals surface area contributed by atoms with Crippen LogP contribution in [0.4, 0.5) is 0 Å². The molecular weight excluding hydrogens is 304 g/mol. The Morgan fingerprint density at radius 1 is 1.00 bits per heavy atom. The second-order valence-electron chi connectivity index (χ2n) is 4.78. The van der Waals surface area contributed by atoms with Gasteiger partial charge in [-0.1, -0.05) is 28.1 Å². The van der Waals surface area contributed by atoms with E-state index < -0.39 is 6.10 Å². The van der Waals surface area contributed by atoms with Crippen LogP contribution in [0, 0.1) is 13.8 Å². The second-order valence-corrected chi connectivity index (χ2v) is 5.64. The molecule has 0 heterocycles. The van der Waals surface area contributed by atoms with E-state index in [2.05, 4.69) is 22.0 Å². The van der Waals surface area contributed by atoms with E-state index in [9.17, 15) is 5.11 Å². The van der Waals surface area contributed by atoms with Crippen molar-refractivity contribution in [1.29, 1.82) is 0 Å². The first-order valence-corrected chi connectivity index (χ1v) is 6.98. The molecule has 0 saturated heterocycles. The van der Waals surface area contributed by atoms with Crippen molar-refractivity contribution >= 4 is 15.9 Å². The van der Waals surface area contributed by atoms with E-state index in [1.165, 1.54) is 11.1 Å². The van der Waals surface area contributed by atoms with Crippen LogP contribution in [-0.2, 0) is 0 Å². The lowest BCUT2D eigenvalue weighted by Gasteiger charge is -2.11. The van der Waals surface area contributed by atoms with Crippen molar-refractivity contribution < 1.29 is 9.84 Å². The van der Waals surface area contributed by atoms with Crippen LogP contribution in [0.5, 0.6) is 11.5 Å². The summed E-state index contributed by atoms with van der Waals surface area (Å²) in [7, 11) is 0. The highest BCUT2D eigenvalue weighted by Crippen LogP contribution is 2.30. The summed E-state index contributed by atoms with van der Waals surface area (Å²) < 4.78 is 6.70. The number of hydrogen-bond donors (Lipinski definition) is 1. The third-order valence-corrected chi connectivity index (χ3v) is 3.54. The van der Waals surface area contributed by atoms with Crippen molar-refractivity contribution in [2.45, 2.75) is 26.9 Å². The molecule has 1 unspecified atom stereocenters. The smallest absolute Gasteiger partial charge is 0.128 e. The van der Waals surface area contributed by atoms with Crippen LogP contribution >= 0.6 is 15.9 Å². The first-order chi connectivity index (χ1) is 8.95. The molecule has 1 atom stereocenters. The quantitative estimate of drug-likeness (QED) is 0.870. The van der Waals surface area contributed by atoms with Crippen molar-refractivity contribution in [3.05, 3.63) is 57.6 Å². The molecule has 2 aromatic carbocycles. The van der Waals surface area contributed by atoms with E-state index in [-0.39, 0.29) is 0 Å². The third-order valence-electron chi connectivity index (χ3n) is 2.85. The van der Waals surface area contributed by atoms with Gasteiger partial charge in [0, 0.05) is 4.47 Å². The van der Waals surface area contributed by atoms with Crippen molar-refractivity contribution in [3.8, 4) is 11.5 Å². The topological polar surface area (TPSA) is 29.5 Å². The van der Waals surface area contributed by atoms with Gasteiger partial charge in [0.1, 0.15) is 11.5 Å². The summed E-state index contributed by atoms with van der Waals surface area (Å²) >= 11 is 3.45. The molecule has 0 fully saturated rings. The average Bonchev–Trinajstić information content (AvgIpc) is 2.26. The molecule has 19 heavy (non-hydrogen) atoms. The van der Waals surface area contributed by atoms with Gasteiger partial charge >= 0.3 is 0 Å². The van der Waals surface area contributed by atoms with Crippen LogP contribution in [0.1, 0.15) is 29.7 Å². The number of hydrogen-bond acceptors (Lipinski definition) is 2. The predicted molar refractivity (Wildman–Crippen MR) is 80.8 cm³/mol. The van der Waals surface area contributed by atoms with E-state index in [0.717, 1.165) is 21.5 Å². The van der Waals surface area contributed by atoms with Crippen LogP contribution in [0.25, 0.3) is 0 Å². The number of rotatable bonds is 3. The normalized spacial score (nSPS) is 12.3. The standard InChI is InChI=1S/C16H17BrO2/c1-10-6-11(2)8-14(7-10)19-13-4-5-15(12(3)18)16(17)9-13/h4-9,12,18H,1-3H3. The lowest BCUT2D eigenvalue weighted by molar-refractivity contribution is 0.198. The van der Waals surface area contributed by atoms with Gasteiger partial charge in [-0.15, -0.1) is 0 Å². The predicted octanol–water partition coefficient (Wildman–Crippen LogP) is 4.91. The lowest BCUT2D eigenvalue weighted by atomic mass is 10.1. The summed E-state index contributed by atoms with van der Waals surface area (Å²) in [5, 5.41) is 9.59. The Hall–Kier alpha value is -1.32. The van der Waals surface area contributed by atoms with Gasteiger partial charge in [-0.3, -0.25) is 0 Å². The molecule has 100 valence electrons. The second kappa shape index (κ2) is 5.76. The Morgan fingerprint density at radius 2 is 1.63 bits per heavy atom. The number of ether oxygens (including phenoxy) is 1. The first-order valence-electron chi connectivity index (χ1n) is 6.19. The molecule has 0 aliphatic heterocycles. The first kappa shape index (κ1) is 14.1. The van der Waals surface area contributed by atoms with Crippen molar-refractivity contribution in [3.63, 3.8) is 0 Å². The van der Waals surface area contributed by atoms with E-state index in [1.807, 2.05) is 44.2 Å². The van der Waals surface area contributed by atoms with E-state index in [0.29, 0.717) is 0 Å². The lowest BCUT2D eigenvalue weighted by Crippen LogP contribution is -1.93. The molecule has 0 bridgehead atoms. The van der Waals surface area contributed by atoms with Gasteiger partial charge in [0.05, 0.1) is 6.10 Å². The Bertz CT molecular complexity index is 571. The van der Waals surface area contributed by atoms with Gasteiger partial charge in [0.2, 0.25) is 0 Å². The number of halogens is 1. The minimum absolute atomic E-state index is 0.496. The highest BCUT2D eigenvalue weighted by atomic mass is 79.9. The van der Waals surface area contributed by atoms with Crippen LogP contribution in [-0.4, -0.2) is 5.11 Å². The third kappa shape index (κ3) is 3.58. The molecule has 2 aromatic rings. The fourth-order valence-electron chi connectivity index (χ4n) is 2.04. The molecule has 0 radical (unpaired) electrons. The Kier molecular flexibility index (Phi) is 4.27. The zero-order valence-electron chi connectivity index (χ0n) is 11.3. The zero-order chi connectivity index (χ0) is 14.0. The maximum absolute atomic E-state index is 9.59. The number of aliphatic hydroxyl groups is 1. The minimum atomic E-state index is -0.496.